The van der Waals surface area contributed by atoms with Gasteiger partial charge < -0.3 is 25.2 Å². The Bertz CT molecular complexity index is 1490. The number of fused-ring (bicyclic) bond motifs is 1. The van der Waals surface area contributed by atoms with Gasteiger partial charge in [-0.3, -0.25) is 9.48 Å². The summed E-state index contributed by atoms with van der Waals surface area (Å²) in [6, 6.07) is 0.893. The van der Waals surface area contributed by atoms with Crippen molar-refractivity contribution in [2.24, 2.45) is 0 Å². The highest BCUT2D eigenvalue weighted by Crippen LogP contribution is 2.41. The Labute approximate surface area is 217 Å². The molecule has 0 bridgehead atoms. The molecule has 2 aliphatic rings. The lowest BCUT2D eigenvalue weighted by molar-refractivity contribution is -0.125. The molecule has 1 saturated carbocycles. The van der Waals surface area contributed by atoms with Crippen LogP contribution in [0.15, 0.2) is 24.9 Å². The summed E-state index contributed by atoms with van der Waals surface area (Å²) >= 11 is 0. The van der Waals surface area contributed by atoms with Crippen molar-refractivity contribution in [3.8, 4) is 23.3 Å². The molecule has 0 spiro atoms. The van der Waals surface area contributed by atoms with E-state index in [4.69, 9.17) is 20.3 Å². The molecule has 2 aromatic heterocycles. The van der Waals surface area contributed by atoms with Crippen LogP contribution in [0, 0.1) is 23.5 Å². The number of hydrogen-bond acceptors (Lipinski definition) is 7. The van der Waals surface area contributed by atoms with E-state index >= 15 is 0 Å². The van der Waals surface area contributed by atoms with E-state index in [0.717, 1.165) is 11.6 Å². The zero-order valence-electron chi connectivity index (χ0n) is 21.1. The van der Waals surface area contributed by atoms with Crippen molar-refractivity contribution in [2.45, 2.75) is 37.3 Å². The molecule has 3 N–H and O–H groups in total. The Morgan fingerprint density at radius 3 is 2.58 bits per heavy atom. The second-order valence-electron chi connectivity index (χ2n) is 9.55. The molecule has 3 heterocycles. The average molecular weight is 524 g/mol. The van der Waals surface area contributed by atoms with Gasteiger partial charge >= 0.3 is 0 Å². The number of pyridine rings is 1. The first-order valence-electron chi connectivity index (χ1n) is 12.1. The van der Waals surface area contributed by atoms with Crippen molar-refractivity contribution < 1.29 is 28.2 Å². The van der Waals surface area contributed by atoms with E-state index in [9.17, 15) is 18.7 Å². The third kappa shape index (κ3) is 4.41. The molecule has 1 atom stereocenters. The number of halogens is 2. The number of amides is 1. The van der Waals surface area contributed by atoms with Crippen molar-refractivity contribution in [3.05, 3.63) is 53.4 Å². The lowest BCUT2D eigenvalue weighted by Gasteiger charge is -2.17. The Kier molecular flexibility index (Phi) is 6.44. The van der Waals surface area contributed by atoms with Gasteiger partial charge in [0.25, 0.3) is 0 Å². The monoisotopic (exact) mass is 523 g/mol. The van der Waals surface area contributed by atoms with Crippen LogP contribution in [0.3, 0.4) is 0 Å². The SMILES string of the molecule is C=CC(=O)N1CCC(n2nc(C#Cc3c(F)c(OC)cc(OC)c3F)c3c(N)ncc(CC4(O)CC4)c32)C1. The van der Waals surface area contributed by atoms with Gasteiger partial charge in [0, 0.05) is 31.8 Å². The fourth-order valence-electron chi connectivity index (χ4n) is 4.80. The third-order valence-electron chi connectivity index (χ3n) is 7.05. The van der Waals surface area contributed by atoms with Gasteiger partial charge in [0.1, 0.15) is 17.1 Å². The Hall–Kier alpha value is -4.17. The number of aliphatic hydroxyl groups is 1. The number of nitrogens with zero attached hydrogens (tertiary/aromatic N) is 4. The number of rotatable bonds is 6. The van der Waals surface area contributed by atoms with E-state index < -0.39 is 22.8 Å². The number of methoxy groups -OCH3 is 2. The molecule has 1 amide bonds. The third-order valence-corrected chi connectivity index (χ3v) is 7.05. The normalized spacial score (nSPS) is 17.7. The van der Waals surface area contributed by atoms with Crippen molar-refractivity contribution in [3.63, 3.8) is 0 Å². The van der Waals surface area contributed by atoms with E-state index in [1.165, 1.54) is 20.3 Å². The standard InChI is InChI=1S/C27H27F2N5O4/c1-4-21(35)33-10-7-16(14-33)34-25-15(12-27(36)8-9-27)13-31-26(30)22(25)18(32-34)6-5-17-23(28)19(37-2)11-20(38-3)24(17)29/h4,11,13,16,36H,1,7-10,12,14H2,2-3H3,(H2,30,31). The van der Waals surface area contributed by atoms with Gasteiger partial charge in [0.2, 0.25) is 5.91 Å². The van der Waals surface area contributed by atoms with E-state index in [-0.39, 0.29) is 35.0 Å². The van der Waals surface area contributed by atoms with Crippen molar-refractivity contribution in [1.29, 1.82) is 0 Å². The largest absolute Gasteiger partial charge is 0.493 e. The number of hydrogen-bond donors (Lipinski definition) is 2. The number of benzene rings is 1. The molecule has 1 aromatic carbocycles. The van der Waals surface area contributed by atoms with Gasteiger partial charge in [-0.1, -0.05) is 12.5 Å². The molecule has 1 aliphatic carbocycles. The van der Waals surface area contributed by atoms with Crippen LogP contribution in [-0.2, 0) is 11.2 Å². The predicted molar refractivity (Wildman–Crippen MR) is 136 cm³/mol. The second kappa shape index (κ2) is 9.61. The zero-order valence-corrected chi connectivity index (χ0v) is 21.1. The van der Waals surface area contributed by atoms with Crippen LogP contribution >= 0.6 is 0 Å². The first-order chi connectivity index (χ1) is 18.2. The van der Waals surface area contributed by atoms with Crippen molar-refractivity contribution in [1.82, 2.24) is 19.7 Å². The van der Waals surface area contributed by atoms with Gasteiger partial charge in [0.05, 0.1) is 36.8 Å². The van der Waals surface area contributed by atoms with Crippen LogP contribution in [0.4, 0.5) is 14.6 Å². The van der Waals surface area contributed by atoms with Crippen LogP contribution in [0.5, 0.6) is 11.5 Å². The predicted octanol–water partition coefficient (Wildman–Crippen LogP) is 2.74. The van der Waals surface area contributed by atoms with Crippen LogP contribution in [0.25, 0.3) is 10.9 Å². The first kappa shape index (κ1) is 25.5. The molecule has 1 unspecified atom stereocenters. The average Bonchev–Trinajstić information content (AvgIpc) is 3.29. The van der Waals surface area contributed by atoms with Gasteiger partial charge in [0.15, 0.2) is 23.1 Å². The fourth-order valence-corrected chi connectivity index (χ4v) is 4.80. The summed E-state index contributed by atoms with van der Waals surface area (Å²) in [6.07, 6.45) is 5.17. The summed E-state index contributed by atoms with van der Waals surface area (Å²) < 4.78 is 41.6. The highest BCUT2D eigenvalue weighted by molar-refractivity contribution is 5.95. The topological polar surface area (TPSA) is 116 Å². The fraction of sp³-hybridized carbons (Fsp3) is 0.370. The molecule has 38 heavy (non-hydrogen) atoms. The lowest BCUT2D eigenvalue weighted by atomic mass is 10.0. The van der Waals surface area contributed by atoms with E-state index in [1.807, 2.05) is 0 Å². The minimum Gasteiger partial charge on any atom is -0.493 e. The Morgan fingerprint density at radius 1 is 1.29 bits per heavy atom. The summed E-state index contributed by atoms with van der Waals surface area (Å²) in [5.74, 6) is 2.88. The maximum atomic E-state index is 14.9. The molecule has 0 radical (unpaired) electrons. The van der Waals surface area contributed by atoms with Crippen LogP contribution < -0.4 is 15.2 Å². The number of likely N-dealkylation sites (tertiary alicyclic amines) is 1. The zero-order chi connectivity index (χ0) is 27.2. The van der Waals surface area contributed by atoms with Crippen molar-refractivity contribution >= 4 is 22.6 Å². The maximum Gasteiger partial charge on any atom is 0.246 e. The molecule has 5 rings (SSSR count). The number of nitrogen functional groups attached to an aromatic ring is 1. The highest BCUT2D eigenvalue weighted by Gasteiger charge is 2.41. The molecular formula is C27H27F2N5O4. The van der Waals surface area contributed by atoms with E-state index in [2.05, 4.69) is 23.4 Å². The van der Waals surface area contributed by atoms with Crippen LogP contribution in [0.1, 0.15) is 42.1 Å². The molecule has 198 valence electrons. The first-order valence-corrected chi connectivity index (χ1v) is 12.1. The highest BCUT2D eigenvalue weighted by atomic mass is 19.1. The smallest absolute Gasteiger partial charge is 0.246 e. The minimum absolute atomic E-state index is 0.142. The molecule has 2 fully saturated rings. The molecule has 1 saturated heterocycles. The summed E-state index contributed by atoms with van der Waals surface area (Å²) in [6.45, 7) is 4.46. The molecule has 3 aromatic rings. The Balaban J connectivity index is 1.67. The Morgan fingerprint density at radius 2 is 1.97 bits per heavy atom. The quantitative estimate of drug-likeness (QED) is 0.377. The van der Waals surface area contributed by atoms with Crippen LogP contribution in [-0.4, -0.2) is 63.6 Å². The molecule has 9 nitrogen and oxygen atoms in total. The van der Waals surface area contributed by atoms with E-state index in [0.29, 0.717) is 49.7 Å². The van der Waals surface area contributed by atoms with Gasteiger partial charge in [-0.25, -0.2) is 13.8 Å². The summed E-state index contributed by atoms with van der Waals surface area (Å²) in [5.41, 5.74) is 6.44. The number of carbonyl (C=O) groups excluding carboxylic acids is 1. The number of anilines is 1. The van der Waals surface area contributed by atoms with Crippen LogP contribution in [0.2, 0.25) is 0 Å². The number of ether oxygens (including phenoxy) is 2. The maximum absolute atomic E-state index is 14.9. The second-order valence-corrected chi connectivity index (χ2v) is 9.55. The van der Waals surface area contributed by atoms with Gasteiger partial charge in [-0.2, -0.15) is 5.10 Å². The molecule has 1 aliphatic heterocycles. The molecular weight excluding hydrogens is 496 g/mol. The van der Waals surface area contributed by atoms with Gasteiger partial charge in [-0.05, 0) is 36.8 Å². The summed E-state index contributed by atoms with van der Waals surface area (Å²) in [7, 11) is 2.51. The van der Waals surface area contributed by atoms with E-state index in [1.54, 1.807) is 15.8 Å². The summed E-state index contributed by atoms with van der Waals surface area (Å²) in [4.78, 5) is 18.2. The van der Waals surface area contributed by atoms with Crippen molar-refractivity contribution in [2.75, 3.05) is 33.0 Å². The van der Waals surface area contributed by atoms with Gasteiger partial charge in [-0.15, -0.1) is 0 Å². The summed E-state index contributed by atoms with van der Waals surface area (Å²) in [5, 5.41) is 15.8. The minimum atomic E-state index is -0.973. The lowest BCUT2D eigenvalue weighted by Crippen LogP contribution is -2.27. The number of carbonyl (C=O) groups is 1. The number of nitrogens with two attached hydrogens (primary N) is 1. The number of aromatic nitrogens is 3. The molecule has 11 heteroatoms.